The Balaban J connectivity index is 0.000000420. The Morgan fingerprint density at radius 3 is 1.25 bits per heavy atom. The standard InChI is InChI=1S/2C14H26O5.C13H24O5/c1-8-11(6-10(15)7-14(3,4)17)12(16)13(18-5)9(2)19-8;1-5-11-13(17)12(16)10(8(2)19-11)6-9(15)7-14(3,4)18;1-4-11-13(17)12(16)10(8(3)18-11)6-9(15)5-7(2)14/h8-9,11-13,16-17H,6-7H2,1-5H3;8,10-13,16-18H,5-7H2,1-4H3;7-8,10-14,16-17H,4-6H2,1-3H3/t;;7-,8?,10?,11?,12?,13?/m..1/s1. The minimum Gasteiger partial charge on any atom is -0.393 e. The molecule has 0 bridgehead atoms. The van der Waals surface area contributed by atoms with Gasteiger partial charge in [0.05, 0.1) is 72.2 Å². The van der Waals surface area contributed by atoms with E-state index in [0.29, 0.717) is 12.8 Å². The first-order valence-corrected chi connectivity index (χ1v) is 20.2. The number of ketones is 3. The van der Waals surface area contributed by atoms with Gasteiger partial charge in [-0.05, 0) is 75.2 Å². The number of hydrogen-bond donors (Lipinski definition) is 8. The quantitative estimate of drug-likeness (QED) is 0.118. The molecule has 3 rings (SSSR count). The van der Waals surface area contributed by atoms with Crippen LogP contribution in [0.1, 0.15) is 128 Å². The molecule has 0 saturated carbocycles. The Labute approximate surface area is 334 Å². The summed E-state index contributed by atoms with van der Waals surface area (Å²) in [5, 5.41) is 78.7. The maximum absolute atomic E-state index is 11.9. The number of aliphatic hydroxyl groups is 8. The van der Waals surface area contributed by atoms with Gasteiger partial charge in [-0.2, -0.15) is 0 Å². The molecule has 8 N–H and O–H groups in total. The molecule has 15 heteroatoms. The molecule has 15 nitrogen and oxygen atoms in total. The summed E-state index contributed by atoms with van der Waals surface area (Å²) in [4.78, 5) is 35.5. The summed E-state index contributed by atoms with van der Waals surface area (Å²) in [6.45, 7) is 19.0. The van der Waals surface area contributed by atoms with Crippen molar-refractivity contribution in [1.82, 2.24) is 0 Å². The zero-order valence-electron chi connectivity index (χ0n) is 35.8. The van der Waals surface area contributed by atoms with Crippen LogP contribution in [0.25, 0.3) is 0 Å². The SMILES string of the molecule is CCC1OC(C)C(CC(=O)CC(C)(C)O)C(O)C1O.CCC1OC(C)C(CC(=O)C[C@@H](C)O)C(O)C1O.COC1C(C)OC(C)C(CC(=O)CC(C)(C)O)C1O. The first-order valence-electron chi connectivity index (χ1n) is 20.2. The first kappa shape index (κ1) is 52.5. The van der Waals surface area contributed by atoms with Gasteiger partial charge >= 0.3 is 0 Å². The molecule has 3 aliphatic rings. The molecule has 0 spiro atoms. The van der Waals surface area contributed by atoms with Crippen molar-refractivity contribution >= 4 is 17.3 Å². The van der Waals surface area contributed by atoms with Crippen molar-refractivity contribution in [2.24, 2.45) is 17.8 Å². The molecular weight excluding hydrogens is 732 g/mol. The third-order valence-electron chi connectivity index (χ3n) is 10.8. The number of Topliss-reactive ketones (excluding diaryl/α,β-unsaturated/α-hetero) is 3. The van der Waals surface area contributed by atoms with Crippen molar-refractivity contribution in [3.63, 3.8) is 0 Å². The van der Waals surface area contributed by atoms with E-state index in [1.165, 1.54) is 7.11 Å². The van der Waals surface area contributed by atoms with Crippen LogP contribution in [0, 0.1) is 17.8 Å². The van der Waals surface area contributed by atoms with Crippen LogP contribution in [0.3, 0.4) is 0 Å². The zero-order chi connectivity index (χ0) is 43.5. The van der Waals surface area contributed by atoms with Gasteiger partial charge in [-0.1, -0.05) is 13.8 Å². The smallest absolute Gasteiger partial charge is 0.136 e. The Kier molecular flexibility index (Phi) is 21.9. The predicted molar refractivity (Wildman–Crippen MR) is 208 cm³/mol. The maximum atomic E-state index is 11.9. The van der Waals surface area contributed by atoms with Crippen LogP contribution in [0.4, 0.5) is 0 Å². The van der Waals surface area contributed by atoms with Crippen molar-refractivity contribution < 1.29 is 74.2 Å². The van der Waals surface area contributed by atoms with Gasteiger partial charge < -0.3 is 59.8 Å². The van der Waals surface area contributed by atoms with E-state index < -0.39 is 65.8 Å². The highest BCUT2D eigenvalue weighted by Gasteiger charge is 2.45. The average Bonchev–Trinajstić information content (AvgIpc) is 3.05. The second-order valence-corrected chi connectivity index (χ2v) is 17.5. The number of aliphatic hydroxyl groups excluding tert-OH is 6. The summed E-state index contributed by atoms with van der Waals surface area (Å²) in [5.41, 5.74) is -2.07. The minimum atomic E-state index is -1.05. The van der Waals surface area contributed by atoms with Crippen LogP contribution in [0.2, 0.25) is 0 Å². The largest absolute Gasteiger partial charge is 0.393 e. The van der Waals surface area contributed by atoms with Gasteiger partial charge in [0.15, 0.2) is 0 Å². The van der Waals surface area contributed by atoms with Gasteiger partial charge in [0.1, 0.15) is 35.7 Å². The van der Waals surface area contributed by atoms with Gasteiger partial charge in [-0.15, -0.1) is 0 Å². The predicted octanol–water partition coefficient (Wildman–Crippen LogP) is 1.80. The van der Waals surface area contributed by atoms with Crippen molar-refractivity contribution in [3.05, 3.63) is 0 Å². The van der Waals surface area contributed by atoms with Crippen LogP contribution < -0.4 is 0 Å². The Morgan fingerprint density at radius 2 is 0.929 bits per heavy atom. The summed E-state index contributed by atoms with van der Waals surface area (Å²) in [7, 11) is 1.53. The van der Waals surface area contributed by atoms with Crippen molar-refractivity contribution in [1.29, 1.82) is 0 Å². The molecule has 3 heterocycles. The molecule has 56 heavy (non-hydrogen) atoms. The molecule has 15 unspecified atom stereocenters. The Morgan fingerprint density at radius 1 is 0.589 bits per heavy atom. The highest BCUT2D eigenvalue weighted by molar-refractivity contribution is 5.80. The van der Waals surface area contributed by atoms with Crippen molar-refractivity contribution in [3.8, 4) is 0 Å². The lowest BCUT2D eigenvalue weighted by Crippen LogP contribution is -2.53. The lowest BCUT2D eigenvalue weighted by Gasteiger charge is -2.42. The van der Waals surface area contributed by atoms with Crippen LogP contribution in [-0.2, 0) is 33.3 Å². The molecule has 0 aromatic carbocycles. The second kappa shape index (κ2) is 23.4. The molecular formula is C41H76O15. The van der Waals surface area contributed by atoms with Gasteiger partial charge in [0.2, 0.25) is 0 Å². The summed E-state index contributed by atoms with van der Waals surface area (Å²) < 4.78 is 22.2. The summed E-state index contributed by atoms with van der Waals surface area (Å²) >= 11 is 0. The van der Waals surface area contributed by atoms with E-state index in [-0.39, 0.29) is 98.4 Å². The lowest BCUT2D eigenvalue weighted by molar-refractivity contribution is -0.199. The molecule has 16 atom stereocenters. The van der Waals surface area contributed by atoms with Gasteiger partial charge in [-0.3, -0.25) is 14.4 Å². The molecule has 0 radical (unpaired) electrons. The van der Waals surface area contributed by atoms with E-state index in [9.17, 15) is 50.1 Å². The molecule has 3 aliphatic heterocycles. The molecule has 0 aromatic heterocycles. The number of ether oxygens (including phenoxy) is 4. The average molecular weight is 809 g/mol. The van der Waals surface area contributed by atoms with Gasteiger partial charge in [0, 0.05) is 63.4 Å². The number of rotatable bonds is 15. The van der Waals surface area contributed by atoms with Gasteiger partial charge in [-0.25, -0.2) is 0 Å². The summed E-state index contributed by atoms with van der Waals surface area (Å²) in [6, 6.07) is 0. The van der Waals surface area contributed by atoms with Crippen LogP contribution in [0.5, 0.6) is 0 Å². The first-order chi connectivity index (χ1) is 25.7. The fourth-order valence-corrected chi connectivity index (χ4v) is 7.91. The topological polar surface area (TPSA) is 250 Å². The molecule has 0 aliphatic carbocycles. The van der Waals surface area contributed by atoms with Crippen LogP contribution >= 0.6 is 0 Å². The minimum absolute atomic E-state index is 0.0379. The summed E-state index contributed by atoms with van der Waals surface area (Å²) in [5.74, 6) is -1.45. The van der Waals surface area contributed by atoms with E-state index in [1.807, 2.05) is 27.7 Å². The summed E-state index contributed by atoms with van der Waals surface area (Å²) in [6.07, 6.45) is -5.50. The number of carbonyl (C=O) groups excluding carboxylic acids is 3. The number of hydrogen-bond acceptors (Lipinski definition) is 15. The third-order valence-corrected chi connectivity index (χ3v) is 10.8. The van der Waals surface area contributed by atoms with E-state index in [0.717, 1.165) is 0 Å². The molecule has 3 fully saturated rings. The van der Waals surface area contributed by atoms with E-state index in [4.69, 9.17) is 24.1 Å². The molecule has 330 valence electrons. The normalized spacial score (nSPS) is 37.0. The zero-order valence-corrected chi connectivity index (χ0v) is 35.8. The van der Waals surface area contributed by atoms with E-state index >= 15 is 0 Å². The van der Waals surface area contributed by atoms with Crippen LogP contribution in [-0.4, -0.2) is 156 Å². The Hall–Kier alpha value is -1.47. The lowest BCUT2D eigenvalue weighted by atomic mass is 9.82. The van der Waals surface area contributed by atoms with E-state index in [2.05, 4.69) is 0 Å². The van der Waals surface area contributed by atoms with Crippen molar-refractivity contribution in [2.75, 3.05) is 7.11 Å². The van der Waals surface area contributed by atoms with E-state index in [1.54, 1.807) is 48.5 Å². The number of methoxy groups -OCH3 is 1. The van der Waals surface area contributed by atoms with Gasteiger partial charge in [0.25, 0.3) is 0 Å². The van der Waals surface area contributed by atoms with Crippen molar-refractivity contribution in [2.45, 2.75) is 218 Å². The fraction of sp³-hybridized carbons (Fsp3) is 0.927. The molecule has 3 saturated heterocycles. The van der Waals surface area contributed by atoms with Crippen LogP contribution in [0.15, 0.2) is 0 Å². The highest BCUT2D eigenvalue weighted by Crippen LogP contribution is 2.33. The second-order valence-electron chi connectivity index (χ2n) is 17.5. The number of carbonyl (C=O) groups is 3. The maximum Gasteiger partial charge on any atom is 0.136 e. The molecule has 0 amide bonds. The highest BCUT2D eigenvalue weighted by atomic mass is 16.6. The third kappa shape index (κ3) is 17.0. The Bertz CT molecular complexity index is 1180. The fourth-order valence-electron chi connectivity index (χ4n) is 7.91. The molecule has 0 aromatic rings. The monoisotopic (exact) mass is 809 g/mol.